The maximum Gasteiger partial charge on any atom is 0.255 e. The Kier molecular flexibility index (Phi) is 5.24. The van der Waals surface area contributed by atoms with Crippen LogP contribution >= 0.6 is 22.9 Å². The number of methoxy groups -OCH3 is 1. The van der Waals surface area contributed by atoms with Crippen LogP contribution in [0, 0.1) is 0 Å². The molecule has 1 heterocycles. The first-order valence-corrected chi connectivity index (χ1v) is 7.45. The molecule has 2 amide bonds. The first kappa shape index (κ1) is 16.1. The van der Waals surface area contributed by atoms with E-state index in [9.17, 15) is 9.59 Å². The number of nitrogens with one attached hydrogen (secondary N) is 1. The molecule has 0 fully saturated rings. The van der Waals surface area contributed by atoms with Crippen LogP contribution in [0.15, 0.2) is 29.0 Å². The Bertz CT molecular complexity index is 688. The number of hydrogen-bond donors (Lipinski definition) is 2. The van der Waals surface area contributed by atoms with Gasteiger partial charge >= 0.3 is 0 Å². The Hall–Kier alpha value is -2.25. The first-order valence-electron chi connectivity index (χ1n) is 6.13. The van der Waals surface area contributed by atoms with Crippen LogP contribution in [0.25, 0.3) is 0 Å². The lowest BCUT2D eigenvalue weighted by molar-refractivity contribution is -0.119. The van der Waals surface area contributed by atoms with Gasteiger partial charge in [0.2, 0.25) is 0 Å². The third-order valence-electron chi connectivity index (χ3n) is 2.63. The van der Waals surface area contributed by atoms with Crippen molar-refractivity contribution in [3.8, 4) is 11.5 Å². The fraction of sp³-hybridized carbons (Fsp3) is 0.143. The third-order valence-corrected chi connectivity index (χ3v) is 3.59. The van der Waals surface area contributed by atoms with Gasteiger partial charge in [-0.1, -0.05) is 11.6 Å². The van der Waals surface area contributed by atoms with Crippen LogP contribution in [-0.2, 0) is 4.79 Å². The molecule has 6 nitrogen and oxygen atoms in total. The van der Waals surface area contributed by atoms with Gasteiger partial charge in [0.15, 0.2) is 18.1 Å². The average molecular weight is 341 g/mol. The van der Waals surface area contributed by atoms with Crippen molar-refractivity contribution in [2.75, 3.05) is 19.0 Å². The second-order valence-corrected chi connectivity index (χ2v) is 5.40. The number of ether oxygens (including phenoxy) is 2. The minimum atomic E-state index is -0.641. The molecule has 2 aromatic rings. The predicted molar refractivity (Wildman–Crippen MR) is 85.0 cm³/mol. The fourth-order valence-corrected chi connectivity index (χ4v) is 2.53. The molecule has 0 aliphatic heterocycles. The summed E-state index contributed by atoms with van der Waals surface area (Å²) < 4.78 is 10.3. The number of anilines is 1. The Morgan fingerprint density at radius 2 is 2.18 bits per heavy atom. The van der Waals surface area contributed by atoms with Crippen molar-refractivity contribution in [2.45, 2.75) is 0 Å². The Morgan fingerprint density at radius 3 is 2.77 bits per heavy atom. The van der Waals surface area contributed by atoms with Gasteiger partial charge in [-0.05, 0) is 23.6 Å². The Morgan fingerprint density at radius 1 is 1.41 bits per heavy atom. The molecule has 0 spiro atoms. The van der Waals surface area contributed by atoms with Crippen molar-refractivity contribution < 1.29 is 19.1 Å². The number of benzene rings is 1. The van der Waals surface area contributed by atoms with E-state index in [-0.39, 0.29) is 29.0 Å². The first-order chi connectivity index (χ1) is 10.5. The van der Waals surface area contributed by atoms with Crippen LogP contribution in [0.2, 0.25) is 5.02 Å². The summed E-state index contributed by atoms with van der Waals surface area (Å²) >= 11 is 7.56. The number of halogens is 1. The Balaban J connectivity index is 2.24. The van der Waals surface area contributed by atoms with Gasteiger partial charge in [0.05, 0.1) is 17.8 Å². The Labute approximate surface area is 135 Å². The molecular weight excluding hydrogens is 328 g/mol. The van der Waals surface area contributed by atoms with Gasteiger partial charge in [-0.15, -0.1) is 0 Å². The number of hydrogen-bond acceptors (Lipinski definition) is 5. The van der Waals surface area contributed by atoms with Crippen LogP contribution < -0.4 is 20.5 Å². The van der Waals surface area contributed by atoms with E-state index >= 15 is 0 Å². The summed E-state index contributed by atoms with van der Waals surface area (Å²) in [6.45, 7) is -0.337. The van der Waals surface area contributed by atoms with E-state index in [0.29, 0.717) is 11.3 Å². The lowest BCUT2D eigenvalue weighted by Crippen LogP contribution is -2.20. The van der Waals surface area contributed by atoms with Crippen LogP contribution in [-0.4, -0.2) is 25.5 Å². The topological polar surface area (TPSA) is 90.7 Å². The summed E-state index contributed by atoms with van der Waals surface area (Å²) in [6.07, 6.45) is 0. The molecule has 3 N–H and O–H groups in total. The van der Waals surface area contributed by atoms with Crippen molar-refractivity contribution in [1.82, 2.24) is 0 Å². The summed E-state index contributed by atoms with van der Waals surface area (Å²) in [5.74, 6) is -0.572. The molecule has 0 saturated carbocycles. The summed E-state index contributed by atoms with van der Waals surface area (Å²) in [5, 5.41) is 6.54. The molecule has 0 unspecified atom stereocenters. The van der Waals surface area contributed by atoms with Crippen LogP contribution in [0.4, 0.5) is 5.69 Å². The van der Waals surface area contributed by atoms with E-state index in [2.05, 4.69) is 5.32 Å². The molecule has 8 heteroatoms. The highest BCUT2D eigenvalue weighted by atomic mass is 35.5. The van der Waals surface area contributed by atoms with Gasteiger partial charge in [-0.3, -0.25) is 9.59 Å². The molecule has 1 aromatic carbocycles. The maximum absolute atomic E-state index is 12.2. The normalized spacial score (nSPS) is 10.1. The van der Waals surface area contributed by atoms with Gasteiger partial charge in [0.25, 0.3) is 11.8 Å². The molecule has 22 heavy (non-hydrogen) atoms. The zero-order chi connectivity index (χ0) is 16.1. The SMILES string of the molecule is COc1cc(C(=O)Nc2ccsc2)cc(Cl)c1OCC(N)=O. The smallest absolute Gasteiger partial charge is 0.255 e. The number of amides is 2. The largest absolute Gasteiger partial charge is 0.493 e. The molecule has 0 radical (unpaired) electrons. The van der Waals surface area contributed by atoms with E-state index in [1.165, 1.54) is 30.6 Å². The number of carbonyl (C=O) groups is 2. The van der Waals surface area contributed by atoms with Gasteiger partial charge in [-0.2, -0.15) is 11.3 Å². The van der Waals surface area contributed by atoms with Crippen molar-refractivity contribution >= 4 is 40.4 Å². The van der Waals surface area contributed by atoms with E-state index in [4.69, 9.17) is 26.8 Å². The number of rotatable bonds is 6. The van der Waals surface area contributed by atoms with E-state index in [0.717, 1.165) is 0 Å². The van der Waals surface area contributed by atoms with Gasteiger partial charge < -0.3 is 20.5 Å². The number of thiophene rings is 1. The van der Waals surface area contributed by atoms with Crippen molar-refractivity contribution in [2.24, 2.45) is 5.73 Å². The quantitative estimate of drug-likeness (QED) is 0.845. The molecule has 116 valence electrons. The molecule has 1 aromatic heterocycles. The monoisotopic (exact) mass is 340 g/mol. The predicted octanol–water partition coefficient (Wildman–Crippen LogP) is 2.53. The van der Waals surface area contributed by atoms with Crippen molar-refractivity contribution in [3.05, 3.63) is 39.5 Å². The second-order valence-electron chi connectivity index (χ2n) is 4.21. The minimum Gasteiger partial charge on any atom is -0.493 e. The number of carbonyl (C=O) groups excluding carboxylic acids is 2. The van der Waals surface area contributed by atoms with Gasteiger partial charge in [0, 0.05) is 10.9 Å². The molecule has 0 aliphatic carbocycles. The molecule has 0 aliphatic rings. The fourth-order valence-electron chi connectivity index (χ4n) is 1.67. The highest BCUT2D eigenvalue weighted by Gasteiger charge is 2.16. The molecule has 2 rings (SSSR count). The van der Waals surface area contributed by atoms with Crippen LogP contribution in [0.5, 0.6) is 11.5 Å². The molecular formula is C14H13ClN2O4S. The minimum absolute atomic E-state index is 0.149. The van der Waals surface area contributed by atoms with E-state index in [1.54, 1.807) is 11.4 Å². The molecule has 0 atom stereocenters. The molecule has 0 saturated heterocycles. The van der Waals surface area contributed by atoms with Gasteiger partial charge in [0.1, 0.15) is 0 Å². The summed E-state index contributed by atoms with van der Waals surface area (Å²) in [4.78, 5) is 23.0. The average Bonchev–Trinajstić information content (AvgIpc) is 2.97. The lowest BCUT2D eigenvalue weighted by atomic mass is 10.2. The summed E-state index contributed by atoms with van der Waals surface area (Å²) in [7, 11) is 1.41. The van der Waals surface area contributed by atoms with E-state index < -0.39 is 5.91 Å². The van der Waals surface area contributed by atoms with Crippen LogP contribution in [0.1, 0.15) is 10.4 Å². The zero-order valence-corrected chi connectivity index (χ0v) is 13.2. The van der Waals surface area contributed by atoms with Gasteiger partial charge in [-0.25, -0.2) is 0 Å². The third kappa shape index (κ3) is 3.90. The number of primary amides is 1. The highest BCUT2D eigenvalue weighted by molar-refractivity contribution is 7.08. The molecule has 0 bridgehead atoms. The standard InChI is InChI=1S/C14H13ClN2O4S/c1-20-11-5-8(14(19)17-9-2-3-22-7-9)4-10(15)13(11)21-6-12(16)18/h2-5,7H,6H2,1H3,(H2,16,18)(H,17,19). The number of nitrogens with two attached hydrogens (primary N) is 1. The van der Waals surface area contributed by atoms with Crippen LogP contribution in [0.3, 0.4) is 0 Å². The second kappa shape index (κ2) is 7.15. The van der Waals surface area contributed by atoms with Crippen molar-refractivity contribution in [3.63, 3.8) is 0 Å². The lowest BCUT2D eigenvalue weighted by Gasteiger charge is -2.13. The highest BCUT2D eigenvalue weighted by Crippen LogP contribution is 2.36. The maximum atomic E-state index is 12.2. The summed E-state index contributed by atoms with van der Waals surface area (Å²) in [5.41, 5.74) is 6.02. The zero-order valence-electron chi connectivity index (χ0n) is 11.6. The summed E-state index contributed by atoms with van der Waals surface area (Å²) in [6, 6.07) is 4.69. The van der Waals surface area contributed by atoms with E-state index in [1.807, 2.05) is 5.38 Å². The van der Waals surface area contributed by atoms with Crippen molar-refractivity contribution in [1.29, 1.82) is 0 Å².